The van der Waals surface area contributed by atoms with E-state index >= 15 is 0 Å². The largest absolute Gasteiger partial charge is 0.497 e. The van der Waals surface area contributed by atoms with Gasteiger partial charge >= 0.3 is 0 Å². The van der Waals surface area contributed by atoms with Crippen molar-refractivity contribution in [3.63, 3.8) is 0 Å². The van der Waals surface area contributed by atoms with Gasteiger partial charge in [-0.05, 0) is 42.5 Å². The minimum absolute atomic E-state index is 0.0493. The van der Waals surface area contributed by atoms with Crippen molar-refractivity contribution < 1.29 is 22.9 Å². The maximum Gasteiger partial charge on any atom is 0.273 e. The molecule has 0 aliphatic rings. The first-order valence-corrected chi connectivity index (χ1v) is 10.6. The lowest BCUT2D eigenvalue weighted by atomic mass is 10.1. The maximum absolute atomic E-state index is 12.7. The summed E-state index contributed by atoms with van der Waals surface area (Å²) in [4.78, 5) is 22.8. The van der Waals surface area contributed by atoms with Crippen LogP contribution in [0.15, 0.2) is 77.7 Å². The van der Waals surface area contributed by atoms with Crippen LogP contribution in [0.2, 0.25) is 0 Å². The van der Waals surface area contributed by atoms with E-state index in [1.54, 1.807) is 30.3 Å². The van der Waals surface area contributed by atoms with Gasteiger partial charge in [-0.25, -0.2) is 8.42 Å². The molecule has 3 aromatic rings. The summed E-state index contributed by atoms with van der Waals surface area (Å²) in [6.45, 7) is 0. The number of carbonyl (C=O) groups is 1. The van der Waals surface area contributed by atoms with Crippen LogP contribution >= 0.6 is 0 Å². The van der Waals surface area contributed by atoms with E-state index in [9.17, 15) is 23.3 Å². The third kappa shape index (κ3) is 5.58. The lowest BCUT2D eigenvalue weighted by Gasteiger charge is -2.11. The number of methoxy groups -OCH3 is 1. The number of nitrogens with zero attached hydrogens (tertiary/aromatic N) is 1. The zero-order valence-electron chi connectivity index (χ0n) is 16.4. The molecule has 0 aromatic heterocycles. The van der Waals surface area contributed by atoms with Crippen LogP contribution in [0.1, 0.15) is 5.56 Å². The van der Waals surface area contributed by atoms with Crippen LogP contribution in [-0.2, 0) is 21.2 Å². The number of nitro benzene ring substituents is 1. The standard InChI is InChI=1S/C21H19N3O6S/c1-30-18-11-9-16(10-12-18)23-31(28,29)19-7-4-6-17(14-19)22-21(25)13-15-5-2-3-8-20(15)24(26)27/h2-12,14,23H,13H2,1H3,(H,22,25). The van der Waals surface area contributed by atoms with Gasteiger partial charge in [-0.1, -0.05) is 24.3 Å². The molecule has 0 heterocycles. The van der Waals surface area contributed by atoms with E-state index in [1.807, 2.05) is 0 Å². The molecule has 10 heteroatoms. The van der Waals surface area contributed by atoms with E-state index < -0.39 is 20.9 Å². The number of ether oxygens (including phenoxy) is 1. The Morgan fingerprint density at radius 1 is 1.00 bits per heavy atom. The average Bonchev–Trinajstić information content (AvgIpc) is 2.74. The fraction of sp³-hybridized carbons (Fsp3) is 0.0952. The summed E-state index contributed by atoms with van der Waals surface area (Å²) in [5.41, 5.74) is 0.709. The molecule has 3 aromatic carbocycles. The van der Waals surface area contributed by atoms with E-state index in [2.05, 4.69) is 10.0 Å². The second-order valence-corrected chi connectivity index (χ2v) is 8.16. The van der Waals surface area contributed by atoms with Gasteiger partial charge in [0.05, 0.1) is 23.3 Å². The number of anilines is 2. The molecule has 31 heavy (non-hydrogen) atoms. The number of carbonyl (C=O) groups excluding carboxylic acids is 1. The van der Waals surface area contributed by atoms with Crippen molar-refractivity contribution in [3.05, 3.63) is 88.5 Å². The van der Waals surface area contributed by atoms with Gasteiger partial charge in [-0.2, -0.15) is 0 Å². The van der Waals surface area contributed by atoms with Gasteiger partial charge in [0.1, 0.15) is 5.75 Å². The Kier molecular flexibility index (Phi) is 6.51. The van der Waals surface area contributed by atoms with Crippen LogP contribution in [0.4, 0.5) is 17.1 Å². The fourth-order valence-corrected chi connectivity index (χ4v) is 3.93. The zero-order chi connectivity index (χ0) is 22.4. The molecule has 3 rings (SSSR count). The Morgan fingerprint density at radius 3 is 2.39 bits per heavy atom. The molecule has 0 bridgehead atoms. The van der Waals surface area contributed by atoms with Gasteiger partial charge in [0.2, 0.25) is 5.91 Å². The average molecular weight is 441 g/mol. The molecule has 0 fully saturated rings. The van der Waals surface area contributed by atoms with E-state index in [4.69, 9.17) is 4.74 Å². The predicted octanol–water partition coefficient (Wildman–Crippen LogP) is 3.59. The molecule has 160 valence electrons. The highest BCUT2D eigenvalue weighted by Gasteiger charge is 2.18. The number of amides is 1. The molecule has 0 saturated carbocycles. The van der Waals surface area contributed by atoms with Crippen LogP contribution in [-0.4, -0.2) is 26.4 Å². The molecule has 0 spiro atoms. The zero-order valence-corrected chi connectivity index (χ0v) is 17.3. The number of nitrogens with one attached hydrogen (secondary N) is 2. The predicted molar refractivity (Wildman–Crippen MR) is 116 cm³/mol. The third-order valence-corrected chi connectivity index (χ3v) is 5.69. The van der Waals surface area contributed by atoms with Crippen LogP contribution in [0.25, 0.3) is 0 Å². The Morgan fingerprint density at radius 2 is 1.71 bits per heavy atom. The molecule has 9 nitrogen and oxygen atoms in total. The molecule has 0 atom stereocenters. The summed E-state index contributed by atoms with van der Waals surface area (Å²) >= 11 is 0. The number of sulfonamides is 1. The maximum atomic E-state index is 12.7. The summed E-state index contributed by atoms with van der Waals surface area (Å²) in [5, 5.41) is 13.7. The van der Waals surface area contributed by atoms with E-state index in [-0.39, 0.29) is 28.3 Å². The SMILES string of the molecule is COc1ccc(NS(=O)(=O)c2cccc(NC(=O)Cc3ccccc3[N+](=O)[O-])c2)cc1. The number of hydrogen-bond acceptors (Lipinski definition) is 6. The fourth-order valence-electron chi connectivity index (χ4n) is 2.83. The first-order valence-electron chi connectivity index (χ1n) is 9.07. The third-order valence-electron chi connectivity index (χ3n) is 4.31. The molecule has 0 saturated heterocycles. The Bertz CT molecular complexity index is 1210. The van der Waals surface area contributed by atoms with E-state index in [1.165, 1.54) is 49.6 Å². The summed E-state index contributed by atoms with van der Waals surface area (Å²) in [7, 11) is -2.39. The lowest BCUT2D eigenvalue weighted by molar-refractivity contribution is -0.385. The van der Waals surface area contributed by atoms with Crippen molar-refractivity contribution in [3.8, 4) is 5.75 Å². The van der Waals surface area contributed by atoms with Gasteiger partial charge in [-0.3, -0.25) is 19.6 Å². The van der Waals surface area contributed by atoms with Crippen LogP contribution < -0.4 is 14.8 Å². The van der Waals surface area contributed by atoms with Crippen molar-refractivity contribution in [2.45, 2.75) is 11.3 Å². The van der Waals surface area contributed by atoms with Gasteiger partial charge in [0.15, 0.2) is 0 Å². The number of hydrogen-bond donors (Lipinski definition) is 2. The highest BCUT2D eigenvalue weighted by Crippen LogP contribution is 2.22. The van der Waals surface area contributed by atoms with Crippen molar-refractivity contribution in [1.82, 2.24) is 0 Å². The Labute approximate surface area is 178 Å². The molecule has 1 amide bonds. The van der Waals surface area contributed by atoms with Crippen molar-refractivity contribution in [2.75, 3.05) is 17.1 Å². The quantitative estimate of drug-likeness (QED) is 0.406. The molecule has 0 unspecified atom stereocenters. The van der Waals surface area contributed by atoms with Crippen LogP contribution in [0.5, 0.6) is 5.75 Å². The van der Waals surface area contributed by atoms with Gasteiger partial charge < -0.3 is 10.1 Å². The minimum Gasteiger partial charge on any atom is -0.497 e. The normalized spacial score (nSPS) is 10.9. The second kappa shape index (κ2) is 9.26. The van der Waals surface area contributed by atoms with E-state index in [0.29, 0.717) is 11.4 Å². The summed E-state index contributed by atoms with van der Waals surface area (Å²) in [5.74, 6) is 0.0817. The van der Waals surface area contributed by atoms with E-state index in [0.717, 1.165) is 0 Å². The van der Waals surface area contributed by atoms with Crippen molar-refractivity contribution in [1.29, 1.82) is 0 Å². The first-order chi connectivity index (χ1) is 14.8. The smallest absolute Gasteiger partial charge is 0.273 e. The number of para-hydroxylation sites is 1. The Hall–Kier alpha value is -3.92. The number of nitro groups is 1. The molecule has 0 aliphatic carbocycles. The number of rotatable bonds is 8. The second-order valence-electron chi connectivity index (χ2n) is 6.47. The Balaban J connectivity index is 1.73. The molecule has 2 N–H and O–H groups in total. The highest BCUT2D eigenvalue weighted by atomic mass is 32.2. The molecular formula is C21H19N3O6S. The van der Waals surface area contributed by atoms with Crippen LogP contribution in [0.3, 0.4) is 0 Å². The highest BCUT2D eigenvalue weighted by molar-refractivity contribution is 7.92. The lowest BCUT2D eigenvalue weighted by Crippen LogP contribution is -2.16. The van der Waals surface area contributed by atoms with Crippen molar-refractivity contribution in [2.24, 2.45) is 0 Å². The monoisotopic (exact) mass is 441 g/mol. The number of benzene rings is 3. The summed E-state index contributed by atoms with van der Waals surface area (Å²) in [6, 6.07) is 18.0. The van der Waals surface area contributed by atoms with Gasteiger partial charge in [-0.15, -0.1) is 0 Å². The minimum atomic E-state index is -3.90. The molecular weight excluding hydrogens is 422 g/mol. The van der Waals surface area contributed by atoms with Gasteiger partial charge in [0.25, 0.3) is 15.7 Å². The van der Waals surface area contributed by atoms with Crippen LogP contribution in [0, 0.1) is 10.1 Å². The molecule has 0 aliphatic heterocycles. The summed E-state index contributed by atoms with van der Waals surface area (Å²) in [6.07, 6.45) is -0.224. The first kappa shape index (κ1) is 21.8. The van der Waals surface area contributed by atoms with Crippen molar-refractivity contribution >= 4 is 33.0 Å². The summed E-state index contributed by atoms with van der Waals surface area (Å²) < 4.78 is 32.8. The topological polar surface area (TPSA) is 128 Å². The van der Waals surface area contributed by atoms with Gasteiger partial charge in [0, 0.05) is 23.0 Å². The molecule has 0 radical (unpaired) electrons.